The fourth-order valence-electron chi connectivity index (χ4n) is 2.33. The van der Waals surface area contributed by atoms with Gasteiger partial charge in [-0.3, -0.25) is 0 Å². The number of benzene rings is 1. The summed E-state index contributed by atoms with van der Waals surface area (Å²) in [4.78, 5) is 0. The SMILES string of the molecule is C=Cc1cc(C)c(C)cc1CC(C)/C(C)=C/C=C\C.CC.CCCCO. The molecule has 1 rings (SSSR count). The number of aliphatic hydroxyl groups is 1. The highest BCUT2D eigenvalue weighted by Crippen LogP contribution is 2.23. The summed E-state index contributed by atoms with van der Waals surface area (Å²) in [5, 5.41) is 8.07. The minimum Gasteiger partial charge on any atom is -0.396 e. The molecule has 0 saturated carbocycles. The van der Waals surface area contributed by atoms with E-state index in [9.17, 15) is 0 Å². The highest BCUT2D eigenvalue weighted by molar-refractivity contribution is 5.55. The fraction of sp³-hybridized carbons (Fsp3) is 0.520. The lowest BCUT2D eigenvalue weighted by atomic mass is 9.89. The van der Waals surface area contributed by atoms with Crippen molar-refractivity contribution in [2.75, 3.05) is 6.61 Å². The number of hydrogen-bond acceptors (Lipinski definition) is 1. The van der Waals surface area contributed by atoms with Crippen LogP contribution in [0.2, 0.25) is 0 Å². The molecule has 0 saturated heterocycles. The van der Waals surface area contributed by atoms with Crippen LogP contribution < -0.4 is 0 Å². The van der Waals surface area contributed by atoms with E-state index in [1.54, 1.807) is 0 Å². The van der Waals surface area contributed by atoms with Gasteiger partial charge in [0.05, 0.1) is 0 Å². The Labute approximate surface area is 163 Å². The number of aryl methyl sites for hydroxylation is 2. The standard InChI is InChI=1S/C19H26.C4H10O.C2H6/c1-7-9-10-14(3)15(4)12-19-13-17(6)16(5)11-18(19)8-2;1-2-3-4-5;1-2/h7-11,13,15H,2,12H2,1,3-6H3;5H,2-4H2,1H3;1-2H3/b9-7-,14-10+;;. The molecule has 0 aliphatic rings. The zero-order valence-electron chi connectivity index (χ0n) is 18.5. The Kier molecular flexibility index (Phi) is 17.3. The van der Waals surface area contributed by atoms with Gasteiger partial charge in [-0.25, -0.2) is 0 Å². The van der Waals surface area contributed by atoms with Gasteiger partial charge in [-0.15, -0.1) is 0 Å². The van der Waals surface area contributed by atoms with Crippen LogP contribution in [0.5, 0.6) is 0 Å². The molecule has 0 fully saturated rings. The van der Waals surface area contributed by atoms with Gasteiger partial charge in [0.1, 0.15) is 0 Å². The van der Waals surface area contributed by atoms with Gasteiger partial charge in [0.25, 0.3) is 0 Å². The molecule has 1 nitrogen and oxygen atoms in total. The molecule has 0 spiro atoms. The number of hydrogen-bond donors (Lipinski definition) is 1. The lowest BCUT2D eigenvalue weighted by Gasteiger charge is -2.16. The molecule has 1 N–H and O–H groups in total. The van der Waals surface area contributed by atoms with E-state index in [0.29, 0.717) is 12.5 Å². The number of allylic oxidation sites excluding steroid dienone is 4. The highest BCUT2D eigenvalue weighted by Gasteiger charge is 2.09. The maximum atomic E-state index is 8.07. The third-order valence-corrected chi connectivity index (χ3v) is 4.34. The molecule has 1 unspecified atom stereocenters. The average molecular weight is 359 g/mol. The predicted molar refractivity (Wildman–Crippen MR) is 121 cm³/mol. The smallest absolute Gasteiger partial charge is 0.0430 e. The highest BCUT2D eigenvalue weighted by atomic mass is 16.2. The lowest BCUT2D eigenvalue weighted by Crippen LogP contribution is -2.04. The first-order chi connectivity index (χ1) is 12.4. The summed E-state index contributed by atoms with van der Waals surface area (Å²) >= 11 is 0. The molecular formula is C25H42O. The topological polar surface area (TPSA) is 20.2 Å². The van der Waals surface area contributed by atoms with Crippen molar-refractivity contribution in [3.05, 3.63) is 64.8 Å². The van der Waals surface area contributed by atoms with E-state index >= 15 is 0 Å². The third kappa shape index (κ3) is 11.1. The zero-order valence-corrected chi connectivity index (χ0v) is 18.5. The van der Waals surface area contributed by atoms with Crippen molar-refractivity contribution < 1.29 is 5.11 Å². The molecule has 148 valence electrons. The van der Waals surface area contributed by atoms with Crippen LogP contribution in [0.4, 0.5) is 0 Å². The fourth-order valence-corrected chi connectivity index (χ4v) is 2.33. The van der Waals surface area contributed by atoms with Crippen molar-refractivity contribution in [1.82, 2.24) is 0 Å². The summed E-state index contributed by atoms with van der Waals surface area (Å²) in [5.41, 5.74) is 6.80. The first-order valence-corrected chi connectivity index (χ1v) is 10.0. The lowest BCUT2D eigenvalue weighted by molar-refractivity contribution is 0.287. The molecule has 1 aromatic carbocycles. The summed E-state index contributed by atoms with van der Waals surface area (Å²) in [7, 11) is 0. The van der Waals surface area contributed by atoms with Gasteiger partial charge >= 0.3 is 0 Å². The molecule has 0 heterocycles. The minimum atomic E-state index is 0.344. The first kappa shape index (κ1) is 26.6. The second kappa shape index (κ2) is 16.8. The summed E-state index contributed by atoms with van der Waals surface area (Å²) in [6.07, 6.45) is 11.5. The normalized spacial score (nSPS) is 12.0. The van der Waals surface area contributed by atoms with Crippen LogP contribution in [-0.4, -0.2) is 11.7 Å². The molecule has 0 radical (unpaired) electrons. The van der Waals surface area contributed by atoms with E-state index in [1.807, 2.05) is 26.8 Å². The van der Waals surface area contributed by atoms with E-state index in [-0.39, 0.29) is 0 Å². The summed E-state index contributed by atoms with van der Waals surface area (Å²) in [6, 6.07) is 4.56. The molecule has 0 bridgehead atoms. The first-order valence-electron chi connectivity index (χ1n) is 10.0. The second-order valence-corrected chi connectivity index (χ2v) is 6.46. The molecule has 26 heavy (non-hydrogen) atoms. The quantitative estimate of drug-likeness (QED) is 0.502. The van der Waals surface area contributed by atoms with E-state index in [2.05, 4.69) is 71.6 Å². The van der Waals surface area contributed by atoms with Gasteiger partial charge in [-0.1, -0.05) is 82.7 Å². The summed E-state index contributed by atoms with van der Waals surface area (Å²) in [5.74, 6) is 0.553. The molecule has 1 heteroatoms. The van der Waals surface area contributed by atoms with Crippen molar-refractivity contribution in [1.29, 1.82) is 0 Å². The van der Waals surface area contributed by atoms with Crippen LogP contribution in [0.1, 0.15) is 76.6 Å². The van der Waals surface area contributed by atoms with Gasteiger partial charge in [-0.2, -0.15) is 0 Å². The summed E-state index contributed by atoms with van der Waals surface area (Å²) in [6.45, 7) is 21.2. The Bertz CT molecular complexity index is 548. The van der Waals surface area contributed by atoms with Crippen LogP contribution >= 0.6 is 0 Å². The Morgan fingerprint density at radius 2 is 1.77 bits per heavy atom. The average Bonchev–Trinajstić information content (AvgIpc) is 2.65. The third-order valence-electron chi connectivity index (χ3n) is 4.34. The van der Waals surface area contributed by atoms with Gasteiger partial charge in [0, 0.05) is 6.61 Å². The Hall–Kier alpha value is -1.60. The van der Waals surface area contributed by atoms with Gasteiger partial charge < -0.3 is 5.11 Å². The molecule has 1 aromatic rings. The maximum absolute atomic E-state index is 8.07. The monoisotopic (exact) mass is 358 g/mol. The number of rotatable bonds is 7. The number of aliphatic hydroxyl groups excluding tert-OH is 1. The van der Waals surface area contributed by atoms with E-state index < -0.39 is 0 Å². The minimum absolute atomic E-state index is 0.344. The Morgan fingerprint density at radius 3 is 2.19 bits per heavy atom. The van der Waals surface area contributed by atoms with Crippen LogP contribution in [0, 0.1) is 19.8 Å². The van der Waals surface area contributed by atoms with Gasteiger partial charge in [0.2, 0.25) is 0 Å². The Morgan fingerprint density at radius 1 is 1.19 bits per heavy atom. The van der Waals surface area contributed by atoms with Crippen molar-refractivity contribution in [2.24, 2.45) is 5.92 Å². The number of unbranched alkanes of at least 4 members (excludes halogenated alkanes) is 1. The van der Waals surface area contributed by atoms with Crippen molar-refractivity contribution in [2.45, 2.75) is 74.7 Å². The van der Waals surface area contributed by atoms with Crippen LogP contribution in [-0.2, 0) is 6.42 Å². The largest absolute Gasteiger partial charge is 0.396 e. The molecule has 0 aliphatic carbocycles. The van der Waals surface area contributed by atoms with Gasteiger partial charge in [-0.05, 0) is 68.7 Å². The molecule has 0 aliphatic heterocycles. The van der Waals surface area contributed by atoms with Crippen LogP contribution in [0.25, 0.3) is 6.08 Å². The van der Waals surface area contributed by atoms with E-state index in [1.165, 1.54) is 27.8 Å². The van der Waals surface area contributed by atoms with Crippen LogP contribution in [0.3, 0.4) is 0 Å². The van der Waals surface area contributed by atoms with Crippen molar-refractivity contribution >= 4 is 6.08 Å². The summed E-state index contributed by atoms with van der Waals surface area (Å²) < 4.78 is 0. The van der Waals surface area contributed by atoms with E-state index in [4.69, 9.17) is 5.11 Å². The van der Waals surface area contributed by atoms with Crippen molar-refractivity contribution in [3.63, 3.8) is 0 Å². The molecule has 0 aromatic heterocycles. The van der Waals surface area contributed by atoms with E-state index in [0.717, 1.165) is 19.3 Å². The zero-order chi connectivity index (χ0) is 20.5. The predicted octanol–water partition coefficient (Wildman–Crippen LogP) is 7.45. The molecule has 1 atom stereocenters. The second-order valence-electron chi connectivity index (χ2n) is 6.46. The molecular weight excluding hydrogens is 316 g/mol. The van der Waals surface area contributed by atoms with Crippen LogP contribution in [0.15, 0.2) is 42.5 Å². The van der Waals surface area contributed by atoms with Gasteiger partial charge in [0.15, 0.2) is 0 Å². The maximum Gasteiger partial charge on any atom is 0.0430 e. The van der Waals surface area contributed by atoms with Crippen molar-refractivity contribution in [3.8, 4) is 0 Å². The Balaban J connectivity index is 0. The molecule has 0 amide bonds.